The molecule has 23 heavy (non-hydrogen) atoms. The maximum Gasteiger partial charge on any atom is 0.272 e. The maximum absolute atomic E-state index is 13.6. The molecule has 124 valence electrons. The Bertz CT molecular complexity index is 692. The molecule has 4 N–H and O–H groups in total. The van der Waals surface area contributed by atoms with Gasteiger partial charge in [0.2, 0.25) is 0 Å². The van der Waals surface area contributed by atoms with Crippen LogP contribution in [0.5, 0.6) is 0 Å². The highest BCUT2D eigenvalue weighted by molar-refractivity contribution is 5.94. The van der Waals surface area contributed by atoms with Crippen LogP contribution in [0.3, 0.4) is 0 Å². The number of rotatable bonds is 4. The van der Waals surface area contributed by atoms with Crippen LogP contribution in [-0.4, -0.2) is 34.3 Å². The molecule has 0 bridgehead atoms. The van der Waals surface area contributed by atoms with Crippen LogP contribution in [0.4, 0.5) is 4.39 Å². The van der Waals surface area contributed by atoms with Gasteiger partial charge in [-0.2, -0.15) is 5.10 Å². The Balaban J connectivity index is 0.00000192. The van der Waals surface area contributed by atoms with Crippen molar-refractivity contribution >= 4 is 18.3 Å². The minimum absolute atomic E-state index is 0. The second kappa shape index (κ2) is 7.54. The van der Waals surface area contributed by atoms with Crippen LogP contribution in [0.2, 0.25) is 0 Å². The van der Waals surface area contributed by atoms with E-state index in [4.69, 9.17) is 0 Å². The number of nitrogens with one attached hydrogen (secondary N) is 3. The number of hydrogen-bond acceptors (Lipinski definition) is 4. The van der Waals surface area contributed by atoms with E-state index in [0.29, 0.717) is 12.2 Å². The van der Waals surface area contributed by atoms with E-state index in [1.54, 1.807) is 12.1 Å². The lowest BCUT2D eigenvalue weighted by atomic mass is 10.1. The highest BCUT2D eigenvalue weighted by Crippen LogP contribution is 2.17. The number of halogens is 2. The predicted molar refractivity (Wildman–Crippen MR) is 84.9 cm³/mol. The average Bonchev–Trinajstić information content (AvgIpc) is 2.97. The molecule has 0 fully saturated rings. The summed E-state index contributed by atoms with van der Waals surface area (Å²) < 4.78 is 13.6. The number of aromatic nitrogens is 2. The lowest BCUT2D eigenvalue weighted by Gasteiger charge is -2.14. The van der Waals surface area contributed by atoms with Crippen LogP contribution in [-0.2, 0) is 13.0 Å². The first-order valence-electron chi connectivity index (χ1n) is 7.14. The number of hydrogen-bond donors (Lipinski definition) is 4. The number of carbonyl (C=O) groups excluding carboxylic acids is 1. The van der Waals surface area contributed by atoms with Gasteiger partial charge < -0.3 is 15.7 Å². The van der Waals surface area contributed by atoms with E-state index in [9.17, 15) is 14.3 Å². The fourth-order valence-corrected chi connectivity index (χ4v) is 2.54. The molecule has 2 heterocycles. The highest BCUT2D eigenvalue weighted by atomic mass is 35.5. The minimum Gasteiger partial charge on any atom is -0.386 e. The molecule has 1 aromatic heterocycles. The molecule has 1 unspecified atom stereocenters. The molecule has 1 atom stereocenters. The monoisotopic (exact) mass is 340 g/mol. The van der Waals surface area contributed by atoms with Gasteiger partial charge >= 0.3 is 0 Å². The highest BCUT2D eigenvalue weighted by Gasteiger charge is 2.22. The molecule has 1 amide bonds. The summed E-state index contributed by atoms with van der Waals surface area (Å²) in [6, 6.07) is 5.95. The summed E-state index contributed by atoms with van der Waals surface area (Å²) in [5.74, 6) is -0.873. The molecule has 0 spiro atoms. The van der Waals surface area contributed by atoms with Crippen molar-refractivity contribution in [3.05, 3.63) is 52.6 Å². The summed E-state index contributed by atoms with van der Waals surface area (Å²) in [4.78, 5) is 12.2. The van der Waals surface area contributed by atoms with Crippen molar-refractivity contribution in [1.82, 2.24) is 20.8 Å². The van der Waals surface area contributed by atoms with E-state index in [1.165, 1.54) is 12.1 Å². The van der Waals surface area contributed by atoms with E-state index in [1.807, 2.05) is 0 Å². The van der Waals surface area contributed by atoms with E-state index in [-0.39, 0.29) is 30.4 Å². The summed E-state index contributed by atoms with van der Waals surface area (Å²) >= 11 is 0. The molecule has 1 aromatic carbocycles. The Hall–Kier alpha value is -1.96. The third-order valence-corrected chi connectivity index (χ3v) is 3.74. The molecular formula is C15H18ClFN4O2. The Labute approximate surface area is 138 Å². The van der Waals surface area contributed by atoms with Crippen LogP contribution in [0.15, 0.2) is 24.3 Å². The van der Waals surface area contributed by atoms with E-state index >= 15 is 0 Å². The maximum atomic E-state index is 13.6. The third kappa shape index (κ3) is 3.69. The van der Waals surface area contributed by atoms with E-state index in [0.717, 1.165) is 24.2 Å². The Morgan fingerprint density at radius 2 is 2.22 bits per heavy atom. The van der Waals surface area contributed by atoms with Gasteiger partial charge in [0.05, 0.1) is 6.10 Å². The Kier molecular flexibility index (Phi) is 5.70. The zero-order chi connectivity index (χ0) is 15.5. The lowest BCUT2D eigenvalue weighted by Crippen LogP contribution is -2.31. The van der Waals surface area contributed by atoms with Crippen molar-refractivity contribution in [2.75, 3.05) is 13.1 Å². The number of aliphatic hydroxyl groups excluding tert-OH is 1. The topological polar surface area (TPSA) is 90.0 Å². The zero-order valence-electron chi connectivity index (χ0n) is 12.3. The van der Waals surface area contributed by atoms with Crippen molar-refractivity contribution in [1.29, 1.82) is 0 Å². The summed E-state index contributed by atoms with van der Waals surface area (Å²) in [5.41, 5.74) is 2.29. The molecule has 3 rings (SSSR count). The molecule has 1 aliphatic rings. The van der Waals surface area contributed by atoms with Gasteiger partial charge in [0.1, 0.15) is 5.82 Å². The standard InChI is InChI=1S/C15H17FN4O2.ClH/c16-11-4-2-1-3-9(11)13(21)8-18-15(22)14-10-7-17-6-5-12(10)19-20-14;/h1-4,13,17,21H,5-8H2,(H,18,22)(H,19,20);1H. The fraction of sp³-hybridized carbons (Fsp3) is 0.333. The molecular weight excluding hydrogens is 323 g/mol. The normalized spacial score (nSPS) is 14.5. The molecule has 2 aromatic rings. The van der Waals surface area contributed by atoms with Crippen LogP contribution in [0.25, 0.3) is 0 Å². The second-order valence-corrected chi connectivity index (χ2v) is 5.20. The summed E-state index contributed by atoms with van der Waals surface area (Å²) in [6.07, 6.45) is -0.300. The largest absolute Gasteiger partial charge is 0.386 e. The van der Waals surface area contributed by atoms with Gasteiger partial charge in [-0.3, -0.25) is 9.89 Å². The van der Waals surface area contributed by atoms with Gasteiger partial charge in [-0.05, 0) is 6.07 Å². The van der Waals surface area contributed by atoms with Gasteiger partial charge in [0.15, 0.2) is 5.69 Å². The van der Waals surface area contributed by atoms with Crippen molar-refractivity contribution in [2.45, 2.75) is 19.1 Å². The summed E-state index contributed by atoms with van der Waals surface area (Å²) in [6.45, 7) is 1.36. The van der Waals surface area contributed by atoms with E-state index < -0.39 is 11.9 Å². The first kappa shape index (κ1) is 17.4. The average molecular weight is 341 g/mol. The quantitative estimate of drug-likeness (QED) is 0.670. The predicted octanol–water partition coefficient (Wildman–Crippen LogP) is 1.08. The fourth-order valence-electron chi connectivity index (χ4n) is 2.54. The Morgan fingerprint density at radius 1 is 1.43 bits per heavy atom. The number of amides is 1. The number of benzene rings is 1. The molecule has 0 radical (unpaired) electrons. The van der Waals surface area contributed by atoms with Crippen LogP contribution in [0.1, 0.15) is 33.4 Å². The van der Waals surface area contributed by atoms with Crippen LogP contribution >= 0.6 is 12.4 Å². The van der Waals surface area contributed by atoms with E-state index in [2.05, 4.69) is 20.8 Å². The smallest absolute Gasteiger partial charge is 0.272 e. The van der Waals surface area contributed by atoms with Gasteiger partial charge in [0.25, 0.3) is 5.91 Å². The number of nitrogens with zero attached hydrogens (tertiary/aromatic N) is 1. The molecule has 8 heteroatoms. The summed E-state index contributed by atoms with van der Waals surface area (Å²) in [5, 5.41) is 22.7. The van der Waals surface area contributed by atoms with Crippen molar-refractivity contribution in [2.24, 2.45) is 0 Å². The minimum atomic E-state index is -1.10. The number of H-pyrrole nitrogens is 1. The summed E-state index contributed by atoms with van der Waals surface area (Å²) in [7, 11) is 0. The van der Waals surface area contributed by atoms with Gasteiger partial charge in [-0.25, -0.2) is 4.39 Å². The molecule has 0 saturated carbocycles. The molecule has 6 nitrogen and oxygen atoms in total. The SMILES string of the molecule is Cl.O=C(NCC(O)c1ccccc1F)c1n[nH]c2c1CNCC2. The molecule has 1 aliphatic heterocycles. The number of fused-ring (bicyclic) bond motifs is 1. The third-order valence-electron chi connectivity index (χ3n) is 3.74. The zero-order valence-corrected chi connectivity index (χ0v) is 13.1. The Morgan fingerprint density at radius 3 is 3.00 bits per heavy atom. The number of carbonyl (C=O) groups is 1. The number of aromatic amines is 1. The lowest BCUT2D eigenvalue weighted by molar-refractivity contribution is 0.0908. The van der Waals surface area contributed by atoms with Gasteiger partial charge in [0, 0.05) is 42.9 Å². The molecule has 0 saturated heterocycles. The van der Waals surface area contributed by atoms with Crippen LogP contribution < -0.4 is 10.6 Å². The van der Waals surface area contributed by atoms with Crippen molar-refractivity contribution < 1.29 is 14.3 Å². The van der Waals surface area contributed by atoms with Gasteiger partial charge in [-0.15, -0.1) is 12.4 Å². The van der Waals surface area contributed by atoms with Gasteiger partial charge in [-0.1, -0.05) is 18.2 Å². The van der Waals surface area contributed by atoms with Crippen LogP contribution in [0, 0.1) is 5.82 Å². The molecule has 0 aliphatic carbocycles. The van der Waals surface area contributed by atoms with Crippen molar-refractivity contribution in [3.63, 3.8) is 0 Å². The van der Waals surface area contributed by atoms with Crippen molar-refractivity contribution in [3.8, 4) is 0 Å². The first-order chi connectivity index (χ1) is 10.7. The number of aliphatic hydroxyl groups is 1. The second-order valence-electron chi connectivity index (χ2n) is 5.20. The first-order valence-corrected chi connectivity index (χ1v) is 7.14.